The first-order valence-corrected chi connectivity index (χ1v) is 5.56. The zero-order valence-electron chi connectivity index (χ0n) is 7.83. The van der Waals surface area contributed by atoms with Gasteiger partial charge in [0.25, 0.3) is 0 Å². The van der Waals surface area contributed by atoms with Crippen molar-refractivity contribution in [2.45, 2.75) is 6.42 Å². The maximum absolute atomic E-state index is 10.2. The summed E-state index contributed by atoms with van der Waals surface area (Å²) in [6.07, 6.45) is 4.38. The Morgan fingerprint density at radius 1 is 1.31 bits per heavy atom. The van der Waals surface area contributed by atoms with Crippen molar-refractivity contribution >= 4 is 11.1 Å². The minimum atomic E-state index is -1.90. The molecule has 0 aromatic heterocycles. The molecule has 4 heteroatoms. The molecule has 0 spiro atoms. The molecule has 1 unspecified atom stereocenters. The summed E-state index contributed by atoms with van der Waals surface area (Å²) in [6.45, 7) is 9.87. The van der Waals surface area contributed by atoms with Crippen LogP contribution in [0.4, 0.5) is 0 Å². The lowest BCUT2D eigenvalue weighted by molar-refractivity contribution is -0.888. The van der Waals surface area contributed by atoms with Gasteiger partial charge in [0.2, 0.25) is 0 Å². The van der Waals surface area contributed by atoms with E-state index in [-0.39, 0.29) is 5.75 Å². The Bertz CT molecular complexity index is 172. The zero-order valence-corrected chi connectivity index (χ0v) is 8.65. The van der Waals surface area contributed by atoms with Gasteiger partial charge in [-0.05, 0) is 12.2 Å². The summed E-state index contributed by atoms with van der Waals surface area (Å²) in [5.74, 6) is 0.248. The molecule has 13 heavy (non-hydrogen) atoms. The lowest BCUT2D eigenvalue weighted by Gasteiger charge is -2.15. The van der Waals surface area contributed by atoms with E-state index in [4.69, 9.17) is 0 Å². The molecule has 0 radical (unpaired) electrons. The Morgan fingerprint density at radius 2 is 1.85 bits per heavy atom. The van der Waals surface area contributed by atoms with Gasteiger partial charge in [0.15, 0.2) is 0 Å². The third-order valence-electron chi connectivity index (χ3n) is 1.71. The molecule has 0 bridgehead atoms. The summed E-state index contributed by atoms with van der Waals surface area (Å²) in [6, 6.07) is 0. The molecule has 0 saturated carbocycles. The quantitative estimate of drug-likeness (QED) is 0.427. The lowest BCUT2D eigenvalue weighted by Crippen LogP contribution is -3.11. The van der Waals surface area contributed by atoms with E-state index >= 15 is 0 Å². The first-order chi connectivity index (χ1) is 6.20. The minimum Gasteiger partial charge on any atom is -0.772 e. The van der Waals surface area contributed by atoms with Gasteiger partial charge in [-0.2, -0.15) is 0 Å². The first-order valence-electron chi connectivity index (χ1n) is 4.32. The van der Waals surface area contributed by atoms with Crippen LogP contribution in [0.3, 0.4) is 0 Å². The molecule has 1 N–H and O–H groups in total. The highest BCUT2D eigenvalue weighted by Gasteiger charge is 2.02. The smallest absolute Gasteiger partial charge is 0.0957 e. The highest BCUT2D eigenvalue weighted by molar-refractivity contribution is 7.79. The Labute approximate surface area is 82.4 Å². The first kappa shape index (κ1) is 12.6. The fourth-order valence-corrected chi connectivity index (χ4v) is 1.52. The highest BCUT2D eigenvalue weighted by Crippen LogP contribution is 1.78. The normalized spacial score (nSPS) is 12.8. The molecule has 1 atom stereocenters. The van der Waals surface area contributed by atoms with Gasteiger partial charge in [0.1, 0.15) is 0 Å². The van der Waals surface area contributed by atoms with Crippen molar-refractivity contribution in [3.05, 3.63) is 25.3 Å². The van der Waals surface area contributed by atoms with Gasteiger partial charge in [0, 0.05) is 12.2 Å². The van der Waals surface area contributed by atoms with Crippen LogP contribution in [0.15, 0.2) is 25.3 Å². The van der Waals surface area contributed by atoms with E-state index in [1.807, 2.05) is 12.2 Å². The average molecular weight is 203 g/mol. The van der Waals surface area contributed by atoms with Gasteiger partial charge in [-0.3, -0.25) is 4.21 Å². The van der Waals surface area contributed by atoms with Crippen LogP contribution in [-0.4, -0.2) is 34.1 Å². The molecule has 0 heterocycles. The molecule has 76 valence electrons. The van der Waals surface area contributed by atoms with E-state index in [1.54, 1.807) is 0 Å². The lowest BCUT2D eigenvalue weighted by atomic mass is 10.4. The van der Waals surface area contributed by atoms with E-state index < -0.39 is 11.1 Å². The van der Waals surface area contributed by atoms with Gasteiger partial charge < -0.3 is 9.45 Å². The monoisotopic (exact) mass is 203 g/mol. The summed E-state index contributed by atoms with van der Waals surface area (Å²) in [4.78, 5) is 1.30. The zero-order chi connectivity index (χ0) is 10.1. The molecule has 0 aromatic carbocycles. The van der Waals surface area contributed by atoms with Crippen LogP contribution in [0.5, 0.6) is 0 Å². The van der Waals surface area contributed by atoms with Crippen molar-refractivity contribution in [3.63, 3.8) is 0 Å². The number of nitrogens with one attached hydrogen (secondary N) is 1. The summed E-state index contributed by atoms with van der Waals surface area (Å²) in [5.41, 5.74) is 0. The second-order valence-corrected chi connectivity index (χ2v) is 3.86. The second-order valence-electron chi connectivity index (χ2n) is 2.85. The largest absolute Gasteiger partial charge is 0.772 e. The number of rotatable bonds is 8. The van der Waals surface area contributed by atoms with Crippen molar-refractivity contribution in [2.75, 3.05) is 25.4 Å². The van der Waals surface area contributed by atoms with Crippen molar-refractivity contribution in [3.8, 4) is 0 Å². The second kappa shape index (κ2) is 8.16. The number of hydrogen-bond donors (Lipinski definition) is 1. The predicted octanol–water partition coefficient (Wildman–Crippen LogP) is -0.487. The Morgan fingerprint density at radius 3 is 2.23 bits per heavy atom. The van der Waals surface area contributed by atoms with Crippen LogP contribution in [0.2, 0.25) is 0 Å². The van der Waals surface area contributed by atoms with Gasteiger partial charge in [-0.15, -0.1) is 0 Å². The molecular weight excluding hydrogens is 186 g/mol. The van der Waals surface area contributed by atoms with Crippen molar-refractivity contribution < 1.29 is 13.7 Å². The van der Waals surface area contributed by atoms with Crippen molar-refractivity contribution in [1.82, 2.24) is 0 Å². The summed E-state index contributed by atoms with van der Waals surface area (Å²) in [5, 5.41) is 0. The molecule has 0 aliphatic carbocycles. The molecular formula is C9H17NO2S. The van der Waals surface area contributed by atoms with E-state index in [9.17, 15) is 8.76 Å². The van der Waals surface area contributed by atoms with E-state index in [0.29, 0.717) is 6.42 Å². The van der Waals surface area contributed by atoms with Crippen LogP contribution in [-0.2, 0) is 11.1 Å². The number of quaternary nitrogens is 1. The third-order valence-corrected chi connectivity index (χ3v) is 2.33. The number of hydrogen-bond acceptors (Lipinski definition) is 2. The SMILES string of the molecule is C=CC[NH+](CC=C)CCCS(=O)[O-]. The molecule has 0 aliphatic rings. The molecule has 0 saturated heterocycles. The van der Waals surface area contributed by atoms with Crippen LogP contribution >= 0.6 is 0 Å². The topological polar surface area (TPSA) is 44.6 Å². The molecule has 0 aromatic rings. The molecule has 3 nitrogen and oxygen atoms in total. The fraction of sp³-hybridized carbons (Fsp3) is 0.556. The molecule has 0 rings (SSSR count). The highest BCUT2D eigenvalue weighted by atomic mass is 32.2. The van der Waals surface area contributed by atoms with E-state index in [0.717, 1.165) is 19.6 Å². The maximum atomic E-state index is 10.2. The Kier molecular flexibility index (Phi) is 7.88. The fourth-order valence-electron chi connectivity index (χ4n) is 1.14. The Hall–Kier alpha value is -0.450. The van der Waals surface area contributed by atoms with Gasteiger partial charge in [-0.25, -0.2) is 0 Å². The van der Waals surface area contributed by atoms with Crippen LogP contribution < -0.4 is 4.90 Å². The predicted molar refractivity (Wildman–Crippen MR) is 54.4 cm³/mol. The van der Waals surface area contributed by atoms with Crippen molar-refractivity contribution in [1.29, 1.82) is 0 Å². The minimum absolute atomic E-state index is 0.248. The summed E-state index contributed by atoms with van der Waals surface area (Å²) >= 11 is -1.90. The van der Waals surface area contributed by atoms with Crippen molar-refractivity contribution in [2.24, 2.45) is 0 Å². The van der Waals surface area contributed by atoms with E-state index in [1.165, 1.54) is 4.90 Å². The van der Waals surface area contributed by atoms with Gasteiger partial charge >= 0.3 is 0 Å². The summed E-state index contributed by atoms with van der Waals surface area (Å²) in [7, 11) is 0. The Balaban J connectivity index is 3.60. The van der Waals surface area contributed by atoms with Gasteiger partial charge in [0.05, 0.1) is 19.6 Å². The van der Waals surface area contributed by atoms with Gasteiger partial charge in [-0.1, -0.05) is 24.2 Å². The molecule has 0 amide bonds. The summed E-state index contributed by atoms with van der Waals surface area (Å²) < 4.78 is 20.5. The van der Waals surface area contributed by atoms with Crippen LogP contribution in [0, 0.1) is 0 Å². The third kappa shape index (κ3) is 7.90. The standard InChI is InChI=1S/C9H17NO2S/c1-3-6-10(7-4-2)8-5-9-13(11)12/h3-4H,1-2,5-9H2,(H,11,12). The average Bonchev–Trinajstić information content (AvgIpc) is 2.04. The molecule has 0 aliphatic heterocycles. The van der Waals surface area contributed by atoms with E-state index in [2.05, 4.69) is 13.2 Å². The van der Waals surface area contributed by atoms with Crippen LogP contribution in [0.1, 0.15) is 6.42 Å². The molecule has 0 fully saturated rings. The maximum Gasteiger partial charge on any atom is 0.0957 e. The van der Waals surface area contributed by atoms with Crippen LogP contribution in [0.25, 0.3) is 0 Å².